The molecule has 5 heteroatoms. The van der Waals surface area contributed by atoms with E-state index in [1.807, 2.05) is 60.3 Å². The van der Waals surface area contributed by atoms with Crippen molar-refractivity contribution in [2.24, 2.45) is 7.05 Å². The number of benzene rings is 2. The lowest BCUT2D eigenvalue weighted by Gasteiger charge is -2.10. The zero-order chi connectivity index (χ0) is 16.8. The predicted octanol–water partition coefficient (Wildman–Crippen LogP) is 3.94. The van der Waals surface area contributed by atoms with Crippen molar-refractivity contribution in [2.75, 3.05) is 0 Å². The molecule has 0 saturated carbocycles. The predicted molar refractivity (Wildman–Crippen MR) is 96.0 cm³/mol. The Morgan fingerprint density at radius 1 is 1.08 bits per heavy atom. The molecule has 4 nitrogen and oxygen atoms in total. The summed E-state index contributed by atoms with van der Waals surface area (Å²) in [4.78, 5) is 0. The van der Waals surface area contributed by atoms with Crippen LogP contribution in [-0.2, 0) is 26.7 Å². The van der Waals surface area contributed by atoms with Gasteiger partial charge in [-0.25, -0.2) is 0 Å². The van der Waals surface area contributed by atoms with E-state index in [0.717, 1.165) is 35.1 Å². The molecule has 1 heterocycles. The quantitative estimate of drug-likeness (QED) is 0.707. The maximum Gasteiger partial charge on any atom is 0.120 e. The highest BCUT2D eigenvalue weighted by atomic mass is 35.5. The lowest BCUT2D eigenvalue weighted by molar-refractivity contribution is 0.306. The van der Waals surface area contributed by atoms with Gasteiger partial charge in [-0.1, -0.05) is 41.9 Å². The molecule has 1 N–H and O–H groups in total. The molecule has 0 aliphatic heterocycles. The Balaban J connectivity index is 1.54. The number of nitrogens with zero attached hydrogens (tertiary/aromatic N) is 2. The first kappa shape index (κ1) is 16.6. The number of ether oxygens (including phenoxy) is 1. The first-order chi connectivity index (χ1) is 11.7. The van der Waals surface area contributed by atoms with E-state index in [9.17, 15) is 0 Å². The summed E-state index contributed by atoms with van der Waals surface area (Å²) in [6.07, 6.45) is 1.81. The van der Waals surface area contributed by atoms with E-state index < -0.39 is 0 Å². The third-order valence-electron chi connectivity index (χ3n) is 3.81. The summed E-state index contributed by atoms with van der Waals surface area (Å²) < 4.78 is 7.73. The molecule has 0 aliphatic carbocycles. The van der Waals surface area contributed by atoms with Crippen LogP contribution in [0.1, 0.15) is 16.8 Å². The minimum Gasteiger partial charge on any atom is -0.489 e. The molecule has 124 valence electrons. The van der Waals surface area contributed by atoms with Gasteiger partial charge in [0.2, 0.25) is 0 Å². The summed E-state index contributed by atoms with van der Waals surface area (Å²) >= 11 is 6.15. The summed E-state index contributed by atoms with van der Waals surface area (Å²) in [6, 6.07) is 17.8. The molecule has 0 unspecified atom stereocenters. The second-order valence-electron chi connectivity index (χ2n) is 5.58. The maximum absolute atomic E-state index is 6.15. The number of aryl methyl sites for hydroxylation is 1. The van der Waals surface area contributed by atoms with Crippen molar-refractivity contribution in [1.29, 1.82) is 0 Å². The van der Waals surface area contributed by atoms with Gasteiger partial charge >= 0.3 is 0 Å². The van der Waals surface area contributed by atoms with Crippen LogP contribution in [0, 0.1) is 0 Å². The van der Waals surface area contributed by atoms with E-state index in [-0.39, 0.29) is 0 Å². The van der Waals surface area contributed by atoms with Gasteiger partial charge in [0.05, 0.1) is 5.69 Å². The van der Waals surface area contributed by atoms with Crippen molar-refractivity contribution >= 4 is 11.6 Å². The second kappa shape index (κ2) is 7.99. The number of halogens is 1. The summed E-state index contributed by atoms with van der Waals surface area (Å²) in [5, 5.41) is 8.31. The Kier molecular flexibility index (Phi) is 5.51. The molecular weight excluding hydrogens is 322 g/mol. The number of nitrogens with one attached hydrogen (secondary N) is 1. The third-order valence-corrected chi connectivity index (χ3v) is 4.18. The number of rotatable bonds is 7. The van der Waals surface area contributed by atoms with Crippen molar-refractivity contribution < 1.29 is 4.74 Å². The minimum absolute atomic E-state index is 0.464. The van der Waals surface area contributed by atoms with E-state index in [4.69, 9.17) is 16.3 Å². The number of hydrogen-bond acceptors (Lipinski definition) is 3. The average molecular weight is 342 g/mol. The monoisotopic (exact) mass is 341 g/mol. The van der Waals surface area contributed by atoms with Crippen molar-refractivity contribution in [2.45, 2.75) is 19.7 Å². The molecular formula is C19H20ClN3O. The van der Waals surface area contributed by atoms with Crippen LogP contribution in [0.5, 0.6) is 5.75 Å². The molecule has 0 saturated heterocycles. The zero-order valence-corrected chi connectivity index (χ0v) is 14.3. The van der Waals surface area contributed by atoms with Crippen LogP contribution in [0.2, 0.25) is 5.02 Å². The largest absolute Gasteiger partial charge is 0.489 e. The summed E-state index contributed by atoms with van der Waals surface area (Å²) in [5.74, 6) is 0.842. The van der Waals surface area contributed by atoms with Gasteiger partial charge in [-0.2, -0.15) is 5.10 Å². The Labute approximate surface area is 147 Å². The van der Waals surface area contributed by atoms with Crippen molar-refractivity contribution in [1.82, 2.24) is 15.1 Å². The highest BCUT2D eigenvalue weighted by molar-refractivity contribution is 6.31. The third kappa shape index (κ3) is 4.37. The fourth-order valence-corrected chi connectivity index (χ4v) is 2.62. The van der Waals surface area contributed by atoms with Gasteiger partial charge in [-0.05, 0) is 29.8 Å². The average Bonchev–Trinajstić information content (AvgIpc) is 3.00. The maximum atomic E-state index is 6.15. The van der Waals surface area contributed by atoms with Crippen LogP contribution in [0.3, 0.4) is 0 Å². The van der Waals surface area contributed by atoms with Gasteiger partial charge in [-0.15, -0.1) is 0 Å². The molecule has 2 aromatic carbocycles. The Bertz CT molecular complexity index is 801. The van der Waals surface area contributed by atoms with E-state index in [1.165, 1.54) is 5.56 Å². The Morgan fingerprint density at radius 2 is 1.96 bits per heavy atom. The minimum atomic E-state index is 0.464. The summed E-state index contributed by atoms with van der Waals surface area (Å²) in [6.45, 7) is 2.02. The van der Waals surface area contributed by atoms with Crippen molar-refractivity contribution in [3.05, 3.63) is 82.6 Å². The van der Waals surface area contributed by atoms with Crippen LogP contribution >= 0.6 is 11.6 Å². The fraction of sp³-hybridized carbons (Fsp3) is 0.211. The second-order valence-corrected chi connectivity index (χ2v) is 5.98. The normalized spacial score (nSPS) is 10.8. The van der Waals surface area contributed by atoms with Crippen LogP contribution in [-0.4, -0.2) is 9.78 Å². The molecule has 0 spiro atoms. The fourth-order valence-electron chi connectivity index (χ4n) is 2.43. The van der Waals surface area contributed by atoms with Crippen LogP contribution in [0.25, 0.3) is 0 Å². The molecule has 0 amide bonds. The highest BCUT2D eigenvalue weighted by Gasteiger charge is 2.02. The smallest absolute Gasteiger partial charge is 0.120 e. The first-order valence-corrected chi connectivity index (χ1v) is 8.23. The highest BCUT2D eigenvalue weighted by Crippen LogP contribution is 2.19. The first-order valence-electron chi connectivity index (χ1n) is 7.85. The Morgan fingerprint density at radius 3 is 2.75 bits per heavy atom. The van der Waals surface area contributed by atoms with Gasteiger partial charge in [0.25, 0.3) is 0 Å². The van der Waals surface area contributed by atoms with Crippen LogP contribution in [0.15, 0.2) is 60.8 Å². The van der Waals surface area contributed by atoms with E-state index >= 15 is 0 Å². The lowest BCUT2D eigenvalue weighted by atomic mass is 10.2. The molecule has 24 heavy (non-hydrogen) atoms. The van der Waals surface area contributed by atoms with Crippen molar-refractivity contribution in [3.8, 4) is 5.75 Å². The van der Waals surface area contributed by atoms with Gasteiger partial charge < -0.3 is 10.1 Å². The van der Waals surface area contributed by atoms with E-state index in [1.54, 1.807) is 6.20 Å². The molecule has 0 aliphatic rings. The molecule has 0 atom stereocenters. The zero-order valence-electron chi connectivity index (χ0n) is 13.6. The number of aromatic nitrogens is 2. The van der Waals surface area contributed by atoms with Gasteiger partial charge in [-0.3, -0.25) is 4.68 Å². The van der Waals surface area contributed by atoms with E-state index in [2.05, 4.69) is 16.5 Å². The molecule has 3 aromatic rings. The topological polar surface area (TPSA) is 39.1 Å². The van der Waals surface area contributed by atoms with Gasteiger partial charge in [0, 0.05) is 36.9 Å². The summed E-state index contributed by atoms with van der Waals surface area (Å²) in [7, 11) is 1.94. The standard InChI is InChI=1S/C19H20ClN3O/c1-23-17(9-10-22-23)13-21-12-15-5-4-7-18(11-15)24-14-16-6-2-3-8-19(16)20/h2-11,21H,12-14H2,1H3. The summed E-state index contributed by atoms with van der Waals surface area (Å²) in [5.41, 5.74) is 3.31. The van der Waals surface area contributed by atoms with Gasteiger partial charge in [0.1, 0.15) is 12.4 Å². The Hall–Kier alpha value is -2.30. The SMILES string of the molecule is Cn1nccc1CNCc1cccc(OCc2ccccc2Cl)c1. The van der Waals surface area contributed by atoms with Crippen LogP contribution < -0.4 is 10.1 Å². The van der Waals surface area contributed by atoms with E-state index in [0.29, 0.717) is 6.61 Å². The molecule has 0 radical (unpaired) electrons. The molecule has 0 bridgehead atoms. The van der Waals surface area contributed by atoms with Crippen molar-refractivity contribution in [3.63, 3.8) is 0 Å². The van der Waals surface area contributed by atoms with Gasteiger partial charge in [0.15, 0.2) is 0 Å². The molecule has 0 fully saturated rings. The van der Waals surface area contributed by atoms with Crippen LogP contribution in [0.4, 0.5) is 0 Å². The lowest BCUT2D eigenvalue weighted by Crippen LogP contribution is -2.15. The molecule has 1 aromatic heterocycles. The number of hydrogen-bond donors (Lipinski definition) is 1. The molecule has 3 rings (SSSR count).